The summed E-state index contributed by atoms with van der Waals surface area (Å²) < 4.78 is 6.25. The van der Waals surface area contributed by atoms with Gasteiger partial charge in [-0.1, -0.05) is 30.3 Å². The Morgan fingerprint density at radius 1 is 1.05 bits per heavy atom. The number of nitrogens with one attached hydrogen (secondary N) is 1. The van der Waals surface area contributed by atoms with E-state index in [1.54, 1.807) is 12.4 Å². The highest BCUT2D eigenvalue weighted by molar-refractivity contribution is 9.10. The molecule has 1 atom stereocenters. The van der Waals surface area contributed by atoms with E-state index in [-0.39, 0.29) is 6.04 Å². The van der Waals surface area contributed by atoms with Gasteiger partial charge in [0.2, 0.25) is 0 Å². The van der Waals surface area contributed by atoms with E-state index in [2.05, 4.69) is 31.2 Å². The molecule has 0 amide bonds. The van der Waals surface area contributed by atoms with Crippen LogP contribution in [0, 0.1) is 0 Å². The summed E-state index contributed by atoms with van der Waals surface area (Å²) in [5.41, 5.74) is 1.86. The van der Waals surface area contributed by atoms with Crippen molar-refractivity contribution >= 4 is 21.6 Å². The highest BCUT2D eigenvalue weighted by Crippen LogP contribution is 2.23. The van der Waals surface area contributed by atoms with Gasteiger partial charge in [-0.25, -0.2) is 9.97 Å². The largest absolute Gasteiger partial charge is 0.452 e. The summed E-state index contributed by atoms with van der Waals surface area (Å²) in [6.45, 7) is 2.02. The van der Waals surface area contributed by atoms with Crippen LogP contribution in [0.2, 0.25) is 0 Å². The molecule has 0 bridgehead atoms. The molecule has 0 saturated carbocycles. The number of benzene rings is 1. The molecule has 1 N–H and O–H groups in total. The van der Waals surface area contributed by atoms with Crippen molar-refractivity contribution in [3.05, 3.63) is 65.3 Å². The maximum Gasteiger partial charge on any atom is 0.169 e. The summed E-state index contributed by atoms with van der Waals surface area (Å²) in [5, 5.41) is 3.31. The Bertz CT molecular complexity index is 710. The number of rotatable bonds is 4. The summed E-state index contributed by atoms with van der Waals surface area (Å²) in [4.78, 5) is 8.77. The van der Waals surface area contributed by atoms with Gasteiger partial charge in [0.15, 0.2) is 10.5 Å². The predicted octanol–water partition coefficient (Wildman–Crippen LogP) is 4.67. The Hall–Kier alpha value is -2.14. The highest BCUT2D eigenvalue weighted by atomic mass is 79.9. The number of halogens is 1. The number of aromatic nitrogens is 2. The molecule has 1 unspecified atom stereocenters. The van der Waals surface area contributed by atoms with Crippen LogP contribution in [0.25, 0.3) is 11.4 Å². The van der Waals surface area contributed by atoms with Crippen molar-refractivity contribution < 1.29 is 4.42 Å². The van der Waals surface area contributed by atoms with E-state index < -0.39 is 0 Å². The minimum Gasteiger partial charge on any atom is -0.452 e. The molecule has 0 spiro atoms. The zero-order valence-electron chi connectivity index (χ0n) is 11.5. The molecule has 5 heteroatoms. The van der Waals surface area contributed by atoms with Gasteiger partial charge in [-0.05, 0) is 35.0 Å². The summed E-state index contributed by atoms with van der Waals surface area (Å²) in [6, 6.07) is 13.8. The maximum absolute atomic E-state index is 5.52. The van der Waals surface area contributed by atoms with Gasteiger partial charge in [0.25, 0.3) is 0 Å². The molecule has 2 aromatic heterocycles. The topological polar surface area (TPSA) is 51.0 Å². The van der Waals surface area contributed by atoms with Crippen molar-refractivity contribution in [2.45, 2.75) is 13.0 Å². The van der Waals surface area contributed by atoms with E-state index in [0.717, 1.165) is 27.5 Å². The van der Waals surface area contributed by atoms with Crippen molar-refractivity contribution in [2.75, 3.05) is 5.32 Å². The molecule has 0 fully saturated rings. The number of furan rings is 1. The maximum atomic E-state index is 5.52. The quantitative estimate of drug-likeness (QED) is 0.747. The third kappa shape index (κ3) is 3.31. The molecule has 2 heterocycles. The molecular weight excluding hydrogens is 330 g/mol. The minimum absolute atomic E-state index is 0.0440. The molecule has 0 aliphatic carbocycles. The normalized spacial score (nSPS) is 12.1. The first-order chi connectivity index (χ1) is 10.2. The smallest absolute Gasteiger partial charge is 0.169 e. The molecule has 0 saturated heterocycles. The Balaban J connectivity index is 1.73. The standard InChI is InChI=1S/C16H14BrN3O/c1-11(14-7-8-15(17)21-14)20-13-9-18-16(19-10-13)12-5-3-2-4-6-12/h2-11,20H,1H3. The van der Waals surface area contributed by atoms with Gasteiger partial charge in [0.1, 0.15) is 5.76 Å². The van der Waals surface area contributed by atoms with Crippen LogP contribution in [0.4, 0.5) is 5.69 Å². The lowest BCUT2D eigenvalue weighted by atomic mass is 10.2. The van der Waals surface area contributed by atoms with Crippen molar-refractivity contribution in [3.63, 3.8) is 0 Å². The number of hydrogen-bond acceptors (Lipinski definition) is 4. The summed E-state index contributed by atoms with van der Waals surface area (Å²) >= 11 is 3.30. The number of hydrogen-bond donors (Lipinski definition) is 1. The predicted molar refractivity (Wildman–Crippen MR) is 85.9 cm³/mol. The van der Waals surface area contributed by atoms with E-state index in [9.17, 15) is 0 Å². The minimum atomic E-state index is 0.0440. The molecule has 3 rings (SSSR count). The zero-order chi connectivity index (χ0) is 14.7. The van der Waals surface area contributed by atoms with Gasteiger partial charge >= 0.3 is 0 Å². The molecule has 1 aromatic carbocycles. The fourth-order valence-electron chi connectivity index (χ4n) is 2.02. The third-order valence-corrected chi connectivity index (χ3v) is 3.51. The summed E-state index contributed by atoms with van der Waals surface area (Å²) in [6.07, 6.45) is 3.56. The summed E-state index contributed by atoms with van der Waals surface area (Å²) in [7, 11) is 0. The fourth-order valence-corrected chi connectivity index (χ4v) is 2.34. The van der Waals surface area contributed by atoms with Gasteiger partial charge in [-0.15, -0.1) is 0 Å². The van der Waals surface area contributed by atoms with Crippen LogP contribution in [0.5, 0.6) is 0 Å². The van der Waals surface area contributed by atoms with Gasteiger partial charge < -0.3 is 9.73 Å². The van der Waals surface area contributed by atoms with Crippen molar-refractivity contribution in [2.24, 2.45) is 0 Å². The first-order valence-corrected chi connectivity index (χ1v) is 7.41. The van der Waals surface area contributed by atoms with Crippen LogP contribution in [-0.4, -0.2) is 9.97 Å². The molecule has 21 heavy (non-hydrogen) atoms. The van der Waals surface area contributed by atoms with Crippen molar-refractivity contribution in [1.29, 1.82) is 0 Å². The average molecular weight is 344 g/mol. The lowest BCUT2D eigenvalue weighted by Gasteiger charge is -2.12. The second kappa shape index (κ2) is 6.10. The van der Waals surface area contributed by atoms with E-state index in [0.29, 0.717) is 0 Å². The Morgan fingerprint density at radius 3 is 2.38 bits per heavy atom. The van der Waals surface area contributed by atoms with E-state index in [4.69, 9.17) is 4.42 Å². The fraction of sp³-hybridized carbons (Fsp3) is 0.125. The SMILES string of the molecule is CC(Nc1cnc(-c2ccccc2)nc1)c1ccc(Br)o1. The van der Waals surface area contributed by atoms with Crippen LogP contribution in [0.15, 0.2) is 63.9 Å². The summed E-state index contributed by atoms with van der Waals surface area (Å²) in [5.74, 6) is 1.57. The molecule has 0 radical (unpaired) electrons. The molecule has 106 valence electrons. The van der Waals surface area contributed by atoms with Crippen LogP contribution < -0.4 is 5.32 Å². The van der Waals surface area contributed by atoms with Gasteiger partial charge in [-0.2, -0.15) is 0 Å². The molecule has 4 nitrogen and oxygen atoms in total. The second-order valence-corrected chi connectivity index (χ2v) is 5.45. The van der Waals surface area contributed by atoms with E-state index in [1.165, 1.54) is 0 Å². The van der Waals surface area contributed by atoms with Crippen LogP contribution in [0.3, 0.4) is 0 Å². The third-order valence-electron chi connectivity index (χ3n) is 3.09. The zero-order valence-corrected chi connectivity index (χ0v) is 13.0. The lowest BCUT2D eigenvalue weighted by Crippen LogP contribution is -2.06. The Morgan fingerprint density at radius 2 is 1.76 bits per heavy atom. The molecular formula is C16H14BrN3O. The van der Waals surface area contributed by atoms with E-state index >= 15 is 0 Å². The molecule has 0 aliphatic rings. The van der Waals surface area contributed by atoms with E-state index in [1.807, 2.05) is 49.4 Å². The molecule has 3 aromatic rings. The second-order valence-electron chi connectivity index (χ2n) is 4.67. The van der Waals surface area contributed by atoms with Crippen LogP contribution in [0.1, 0.15) is 18.7 Å². The van der Waals surface area contributed by atoms with Gasteiger partial charge in [0.05, 0.1) is 24.1 Å². The van der Waals surface area contributed by atoms with Gasteiger partial charge in [0, 0.05) is 5.56 Å². The number of anilines is 1. The van der Waals surface area contributed by atoms with Crippen molar-refractivity contribution in [3.8, 4) is 11.4 Å². The average Bonchev–Trinajstić information content (AvgIpc) is 2.96. The monoisotopic (exact) mass is 343 g/mol. The van der Waals surface area contributed by atoms with Crippen molar-refractivity contribution in [1.82, 2.24) is 9.97 Å². The lowest BCUT2D eigenvalue weighted by molar-refractivity contribution is 0.471. The first-order valence-electron chi connectivity index (χ1n) is 6.61. The molecule has 0 aliphatic heterocycles. The first kappa shape index (κ1) is 13.8. The number of nitrogens with zero attached hydrogens (tertiary/aromatic N) is 2. The Labute approximate surface area is 131 Å². The van der Waals surface area contributed by atoms with Gasteiger partial charge in [-0.3, -0.25) is 0 Å². The highest BCUT2D eigenvalue weighted by Gasteiger charge is 2.10. The van der Waals surface area contributed by atoms with Crippen LogP contribution in [-0.2, 0) is 0 Å². The Kier molecular flexibility index (Phi) is 4.01. The van der Waals surface area contributed by atoms with Crippen LogP contribution >= 0.6 is 15.9 Å².